The molecule has 0 aliphatic heterocycles. The van der Waals surface area contributed by atoms with Crippen molar-refractivity contribution in [2.45, 2.75) is 6.92 Å². The molecule has 3 rings (SSSR count). The summed E-state index contributed by atoms with van der Waals surface area (Å²) in [5.74, 6) is 1.20. The third-order valence-electron chi connectivity index (χ3n) is 3.10. The molecule has 0 atom stereocenters. The summed E-state index contributed by atoms with van der Waals surface area (Å²) in [5, 5.41) is 9.63. The van der Waals surface area contributed by atoms with Gasteiger partial charge in [0.15, 0.2) is 11.5 Å². The first-order valence-electron chi connectivity index (χ1n) is 5.88. The predicted octanol–water partition coefficient (Wildman–Crippen LogP) is 2.42. The van der Waals surface area contributed by atoms with Crippen LogP contribution in [0, 0.1) is 6.92 Å². The largest absolute Gasteiger partial charge is 0.504 e. The van der Waals surface area contributed by atoms with E-state index in [1.54, 1.807) is 18.3 Å². The maximum atomic E-state index is 9.63. The minimum absolute atomic E-state index is 0.116. The van der Waals surface area contributed by atoms with Gasteiger partial charge in [0, 0.05) is 23.7 Å². The van der Waals surface area contributed by atoms with Crippen LogP contribution in [0.3, 0.4) is 0 Å². The summed E-state index contributed by atoms with van der Waals surface area (Å²) >= 11 is 0. The van der Waals surface area contributed by atoms with E-state index in [0.717, 1.165) is 17.0 Å². The van der Waals surface area contributed by atoms with Crippen LogP contribution < -0.4 is 4.74 Å². The Kier molecular flexibility index (Phi) is 2.59. The lowest BCUT2D eigenvalue weighted by molar-refractivity contribution is 0.373. The second-order valence-electron chi connectivity index (χ2n) is 4.22. The highest BCUT2D eigenvalue weighted by atomic mass is 16.5. The van der Waals surface area contributed by atoms with Crippen molar-refractivity contribution >= 4 is 5.78 Å². The molecule has 0 aliphatic carbocycles. The van der Waals surface area contributed by atoms with Gasteiger partial charge in [-0.05, 0) is 31.2 Å². The van der Waals surface area contributed by atoms with Crippen molar-refractivity contribution in [1.29, 1.82) is 0 Å². The molecule has 1 N–H and O–H groups in total. The van der Waals surface area contributed by atoms with Crippen LogP contribution in [0.2, 0.25) is 0 Å². The standard InChI is InChI=1S/C14H13N3O2/c1-9-13(16-14-15-6-3-7-17(9)14)10-4-5-11(18)12(8-10)19-2/h3-8,18H,1-2H3. The molecule has 0 fully saturated rings. The van der Waals surface area contributed by atoms with Gasteiger partial charge in [-0.1, -0.05) is 0 Å². The van der Waals surface area contributed by atoms with E-state index in [-0.39, 0.29) is 5.75 Å². The van der Waals surface area contributed by atoms with Gasteiger partial charge in [0.2, 0.25) is 5.78 Å². The van der Waals surface area contributed by atoms with Gasteiger partial charge in [0.1, 0.15) is 0 Å². The summed E-state index contributed by atoms with van der Waals surface area (Å²) in [6, 6.07) is 7.05. The lowest BCUT2D eigenvalue weighted by Gasteiger charge is -2.05. The fourth-order valence-electron chi connectivity index (χ4n) is 2.10. The molecule has 2 aromatic heterocycles. The number of hydrogen-bond acceptors (Lipinski definition) is 4. The number of methoxy groups -OCH3 is 1. The molecule has 0 saturated carbocycles. The summed E-state index contributed by atoms with van der Waals surface area (Å²) in [5.41, 5.74) is 2.71. The number of ether oxygens (including phenoxy) is 1. The highest BCUT2D eigenvalue weighted by molar-refractivity contribution is 5.68. The number of nitrogens with zero attached hydrogens (tertiary/aromatic N) is 3. The molecule has 5 nitrogen and oxygen atoms in total. The second-order valence-corrected chi connectivity index (χ2v) is 4.22. The molecule has 5 heteroatoms. The molecule has 0 radical (unpaired) electrons. The quantitative estimate of drug-likeness (QED) is 0.764. The zero-order chi connectivity index (χ0) is 13.4. The fraction of sp³-hybridized carbons (Fsp3) is 0.143. The van der Waals surface area contributed by atoms with Gasteiger partial charge in [-0.2, -0.15) is 0 Å². The predicted molar refractivity (Wildman–Crippen MR) is 71.4 cm³/mol. The van der Waals surface area contributed by atoms with Crippen molar-refractivity contribution < 1.29 is 9.84 Å². The lowest BCUT2D eigenvalue weighted by atomic mass is 10.1. The molecule has 0 unspecified atom stereocenters. The molecule has 1 aromatic carbocycles. The number of benzene rings is 1. The van der Waals surface area contributed by atoms with E-state index in [2.05, 4.69) is 9.97 Å². The molecule has 0 bridgehead atoms. The van der Waals surface area contributed by atoms with E-state index in [4.69, 9.17) is 4.74 Å². The Balaban J connectivity index is 2.21. The van der Waals surface area contributed by atoms with Crippen molar-refractivity contribution in [3.05, 3.63) is 42.4 Å². The van der Waals surface area contributed by atoms with Crippen molar-refractivity contribution in [3.8, 4) is 22.8 Å². The Labute approximate surface area is 110 Å². The zero-order valence-electron chi connectivity index (χ0n) is 10.7. The third kappa shape index (κ3) is 1.79. The van der Waals surface area contributed by atoms with Crippen molar-refractivity contribution in [2.24, 2.45) is 0 Å². The number of aryl methyl sites for hydroxylation is 1. The normalized spacial score (nSPS) is 10.8. The number of aromatic nitrogens is 3. The van der Waals surface area contributed by atoms with Gasteiger partial charge in [-0.15, -0.1) is 0 Å². The average Bonchev–Trinajstić information content (AvgIpc) is 2.77. The van der Waals surface area contributed by atoms with E-state index in [9.17, 15) is 5.11 Å². The Morgan fingerprint density at radius 3 is 2.89 bits per heavy atom. The molecule has 0 amide bonds. The van der Waals surface area contributed by atoms with Crippen molar-refractivity contribution in [1.82, 2.24) is 14.4 Å². The van der Waals surface area contributed by atoms with Gasteiger partial charge in [-0.3, -0.25) is 4.40 Å². The van der Waals surface area contributed by atoms with Crippen LogP contribution in [0.1, 0.15) is 5.69 Å². The van der Waals surface area contributed by atoms with E-state index in [1.807, 2.05) is 29.7 Å². The number of imidazole rings is 1. The molecular formula is C14H13N3O2. The van der Waals surface area contributed by atoms with Crippen LogP contribution in [-0.2, 0) is 0 Å². The number of hydrogen-bond donors (Lipinski definition) is 1. The summed E-state index contributed by atoms with van der Waals surface area (Å²) < 4.78 is 7.05. The monoisotopic (exact) mass is 255 g/mol. The van der Waals surface area contributed by atoms with Crippen molar-refractivity contribution in [3.63, 3.8) is 0 Å². The first-order chi connectivity index (χ1) is 9.20. The topological polar surface area (TPSA) is 59.7 Å². The summed E-state index contributed by atoms with van der Waals surface area (Å²) in [4.78, 5) is 8.72. The van der Waals surface area contributed by atoms with Crippen LogP contribution >= 0.6 is 0 Å². The Hall–Kier alpha value is -2.56. The first-order valence-corrected chi connectivity index (χ1v) is 5.88. The van der Waals surface area contributed by atoms with E-state index in [1.165, 1.54) is 7.11 Å². The SMILES string of the molecule is COc1cc(-c2nc3ncccn3c2C)ccc1O. The number of fused-ring (bicyclic) bond motifs is 1. The summed E-state index contributed by atoms with van der Waals surface area (Å²) in [6.45, 7) is 1.98. The fourth-order valence-corrected chi connectivity index (χ4v) is 2.10. The number of rotatable bonds is 2. The van der Waals surface area contributed by atoms with Crippen LogP contribution in [0.15, 0.2) is 36.7 Å². The van der Waals surface area contributed by atoms with E-state index < -0.39 is 0 Å². The van der Waals surface area contributed by atoms with Gasteiger partial charge in [0.05, 0.1) is 12.8 Å². The van der Waals surface area contributed by atoms with Gasteiger partial charge in [0.25, 0.3) is 0 Å². The minimum atomic E-state index is 0.116. The lowest BCUT2D eigenvalue weighted by Crippen LogP contribution is -1.89. The van der Waals surface area contributed by atoms with Crippen LogP contribution in [0.25, 0.3) is 17.0 Å². The maximum Gasteiger partial charge on any atom is 0.234 e. The summed E-state index contributed by atoms with van der Waals surface area (Å²) in [6.07, 6.45) is 3.63. The number of phenolic OH excluding ortho intramolecular Hbond substituents is 1. The first kappa shape index (κ1) is 11.5. The number of aromatic hydroxyl groups is 1. The van der Waals surface area contributed by atoms with E-state index >= 15 is 0 Å². The molecule has 96 valence electrons. The van der Waals surface area contributed by atoms with Gasteiger partial charge >= 0.3 is 0 Å². The van der Waals surface area contributed by atoms with E-state index in [0.29, 0.717) is 11.5 Å². The average molecular weight is 255 g/mol. The Morgan fingerprint density at radius 1 is 1.32 bits per heavy atom. The molecule has 2 heterocycles. The van der Waals surface area contributed by atoms with Gasteiger partial charge < -0.3 is 9.84 Å². The van der Waals surface area contributed by atoms with Crippen LogP contribution in [-0.4, -0.2) is 26.6 Å². The Bertz CT molecular complexity index is 750. The molecule has 3 aromatic rings. The van der Waals surface area contributed by atoms with Crippen LogP contribution in [0.5, 0.6) is 11.5 Å². The zero-order valence-corrected chi connectivity index (χ0v) is 10.7. The van der Waals surface area contributed by atoms with Crippen LogP contribution in [0.4, 0.5) is 0 Å². The highest BCUT2D eigenvalue weighted by Crippen LogP contribution is 2.32. The third-order valence-corrected chi connectivity index (χ3v) is 3.10. The Morgan fingerprint density at radius 2 is 2.16 bits per heavy atom. The summed E-state index contributed by atoms with van der Waals surface area (Å²) in [7, 11) is 1.52. The molecule has 0 aliphatic rings. The molecule has 0 saturated heterocycles. The molecular weight excluding hydrogens is 242 g/mol. The van der Waals surface area contributed by atoms with Crippen molar-refractivity contribution in [2.75, 3.05) is 7.11 Å². The molecule has 19 heavy (non-hydrogen) atoms. The maximum absolute atomic E-state index is 9.63. The molecule has 0 spiro atoms. The highest BCUT2D eigenvalue weighted by Gasteiger charge is 2.12. The second kappa shape index (κ2) is 4.28. The number of phenols is 1. The van der Waals surface area contributed by atoms with Gasteiger partial charge in [-0.25, -0.2) is 9.97 Å². The smallest absolute Gasteiger partial charge is 0.234 e. The minimum Gasteiger partial charge on any atom is -0.504 e.